The van der Waals surface area contributed by atoms with Gasteiger partial charge in [0.25, 0.3) is 5.91 Å². The van der Waals surface area contributed by atoms with Crippen molar-refractivity contribution in [3.63, 3.8) is 0 Å². The average Bonchev–Trinajstić information content (AvgIpc) is 4.09. The number of aromatic nitrogens is 1. The zero-order chi connectivity index (χ0) is 38.9. The predicted octanol–water partition coefficient (Wildman–Crippen LogP) is 3.90. The van der Waals surface area contributed by atoms with Gasteiger partial charge < -0.3 is 34.5 Å². The Hall–Kier alpha value is -4.34. The van der Waals surface area contributed by atoms with E-state index in [9.17, 15) is 27.6 Å². The molecule has 6 atom stereocenters. The Bertz CT molecular complexity index is 1920. The summed E-state index contributed by atoms with van der Waals surface area (Å²) in [6.45, 7) is 2.18. The molecule has 15 nitrogen and oxygen atoms in total. The zero-order valence-electron chi connectivity index (χ0n) is 31.9. The minimum absolute atomic E-state index is 0.00894. The van der Waals surface area contributed by atoms with Gasteiger partial charge in [-0.1, -0.05) is 39.0 Å². The van der Waals surface area contributed by atoms with Crippen LogP contribution in [0.15, 0.2) is 18.2 Å². The largest absolute Gasteiger partial charge is 0.496 e. The lowest BCUT2D eigenvalue weighted by Crippen LogP contribution is -2.58. The molecular weight excluding hydrogens is 731 g/mol. The second-order valence-corrected chi connectivity index (χ2v) is 18.0. The fourth-order valence-electron chi connectivity index (χ4n) is 8.39. The van der Waals surface area contributed by atoms with E-state index >= 15 is 0 Å². The highest BCUT2D eigenvalue weighted by atomic mass is 32.2. The number of alkyl carbamates (subject to hydrolysis) is 1. The zero-order valence-corrected chi connectivity index (χ0v) is 32.7. The average molecular weight is 784 g/mol. The van der Waals surface area contributed by atoms with Crippen LogP contribution in [-0.4, -0.2) is 98.5 Å². The minimum atomic E-state index is -3.87. The van der Waals surface area contributed by atoms with Crippen molar-refractivity contribution in [3.05, 3.63) is 23.8 Å². The Morgan fingerprint density at radius 1 is 0.982 bits per heavy atom. The van der Waals surface area contributed by atoms with Crippen molar-refractivity contribution in [1.29, 1.82) is 0 Å². The van der Waals surface area contributed by atoms with Crippen LogP contribution in [0.1, 0.15) is 96.0 Å². The summed E-state index contributed by atoms with van der Waals surface area (Å²) in [6, 6.07) is 3.47. The van der Waals surface area contributed by atoms with Crippen molar-refractivity contribution in [2.45, 2.75) is 126 Å². The van der Waals surface area contributed by atoms with Gasteiger partial charge in [0.15, 0.2) is 0 Å². The summed E-state index contributed by atoms with van der Waals surface area (Å²) in [5.41, 5.74) is 0.118. The van der Waals surface area contributed by atoms with Crippen molar-refractivity contribution < 1.29 is 46.5 Å². The Balaban J connectivity index is 1.25. The highest BCUT2D eigenvalue weighted by molar-refractivity contribution is 7.91. The normalized spacial score (nSPS) is 29.6. The van der Waals surface area contributed by atoms with Crippen molar-refractivity contribution in [1.82, 2.24) is 25.2 Å². The maximum atomic E-state index is 14.6. The molecule has 4 amide bonds. The summed E-state index contributed by atoms with van der Waals surface area (Å²) in [5, 5.41) is 5.86. The standard InChI is InChI=1S/C39H53N5O10S/c1-23-10-9-11-24-16-28-30(18-32(24)51-2)40-34(52-3)19-33(28)54-26-17-31-35(45)42-39(37(47)43-55(49,50)27-14-15-27)20-25(39)12-7-5-4-6-8-13-29(36(46)44(31)21-26)41-38(48)53-22-23/h16,18-19,23,25-27,29,31H,4-15,17,20-22H2,1-3H3,(H,41,48)(H,42,45)(H,43,47)/t23-,25+,26-,29+,31+,39-/m1/s1. The maximum absolute atomic E-state index is 14.6. The molecule has 55 heavy (non-hydrogen) atoms. The molecule has 1 aromatic heterocycles. The van der Waals surface area contributed by atoms with Crippen molar-refractivity contribution in [3.8, 4) is 17.4 Å². The fraction of sp³-hybridized carbons (Fsp3) is 0.667. The van der Waals surface area contributed by atoms with Crippen molar-refractivity contribution in [2.75, 3.05) is 27.4 Å². The number of amides is 4. The molecule has 4 heterocycles. The van der Waals surface area contributed by atoms with Crippen molar-refractivity contribution in [2.24, 2.45) is 11.8 Å². The number of carbonyl (C=O) groups excluding carboxylic acids is 4. The highest BCUT2D eigenvalue weighted by Gasteiger charge is 2.62. The molecule has 2 aliphatic carbocycles. The van der Waals surface area contributed by atoms with E-state index in [1.165, 1.54) is 12.0 Å². The Morgan fingerprint density at radius 2 is 1.75 bits per heavy atom. The lowest BCUT2D eigenvalue weighted by atomic mass is 9.99. The number of nitrogens with one attached hydrogen (secondary N) is 3. The molecule has 2 saturated carbocycles. The number of fused-ring (bicyclic) bond motifs is 4. The lowest BCUT2D eigenvalue weighted by molar-refractivity contribution is -0.141. The molecule has 2 saturated heterocycles. The molecule has 2 aromatic rings. The van der Waals surface area contributed by atoms with E-state index < -0.39 is 62.8 Å². The van der Waals surface area contributed by atoms with E-state index in [2.05, 4.69) is 20.3 Å². The fourth-order valence-corrected chi connectivity index (χ4v) is 9.76. The Morgan fingerprint density at radius 3 is 2.49 bits per heavy atom. The molecular formula is C39H53N5O10S. The van der Waals surface area contributed by atoms with E-state index in [-0.39, 0.29) is 31.4 Å². The van der Waals surface area contributed by atoms with Crippen LogP contribution in [0.3, 0.4) is 0 Å². The van der Waals surface area contributed by atoms with Gasteiger partial charge in [0, 0.05) is 23.9 Å². The number of pyridine rings is 1. The number of rotatable bonds is 5. The van der Waals surface area contributed by atoms with Gasteiger partial charge in [-0.25, -0.2) is 18.2 Å². The summed E-state index contributed by atoms with van der Waals surface area (Å²) in [5.74, 6) is -0.537. The molecule has 0 spiro atoms. The quantitative estimate of drug-likeness (QED) is 0.399. The molecule has 5 aliphatic rings. The molecule has 0 radical (unpaired) electrons. The van der Waals surface area contributed by atoms with Gasteiger partial charge >= 0.3 is 6.09 Å². The summed E-state index contributed by atoms with van der Waals surface area (Å²) in [6.07, 6.45) is 7.30. The first kappa shape index (κ1) is 38.9. The molecule has 300 valence electrons. The van der Waals surface area contributed by atoms with Crippen LogP contribution in [0.2, 0.25) is 0 Å². The van der Waals surface area contributed by atoms with Gasteiger partial charge in [0.2, 0.25) is 27.7 Å². The predicted molar refractivity (Wildman–Crippen MR) is 201 cm³/mol. The molecule has 0 unspecified atom stereocenters. The van der Waals surface area contributed by atoms with Crippen molar-refractivity contribution >= 4 is 44.7 Å². The third-order valence-electron chi connectivity index (χ3n) is 11.8. The number of cyclic esters (lactones) is 1. The molecule has 4 fully saturated rings. The van der Waals surface area contributed by atoms with Gasteiger partial charge in [-0.15, -0.1) is 0 Å². The van der Waals surface area contributed by atoms with Gasteiger partial charge in [-0.05, 0) is 74.8 Å². The van der Waals surface area contributed by atoms with E-state index in [1.807, 2.05) is 19.1 Å². The first-order valence-electron chi connectivity index (χ1n) is 19.7. The number of sulfonamides is 1. The van der Waals surface area contributed by atoms with Crippen LogP contribution >= 0.6 is 0 Å². The van der Waals surface area contributed by atoms with Gasteiger partial charge in [0.05, 0.1) is 38.1 Å². The lowest BCUT2D eigenvalue weighted by Gasteiger charge is -2.30. The third-order valence-corrected chi connectivity index (χ3v) is 13.7. The number of nitrogens with zero attached hydrogens (tertiary/aromatic N) is 2. The molecule has 16 heteroatoms. The van der Waals surface area contributed by atoms with Gasteiger partial charge in [-0.3, -0.25) is 19.1 Å². The van der Waals surface area contributed by atoms with Crippen LogP contribution in [0, 0.1) is 11.8 Å². The second-order valence-electron chi connectivity index (χ2n) is 16.0. The number of benzene rings is 1. The molecule has 3 N–H and O–H groups in total. The molecule has 1 aromatic carbocycles. The number of hydrogen-bond acceptors (Lipinski definition) is 11. The number of methoxy groups -OCH3 is 2. The van der Waals surface area contributed by atoms with Gasteiger partial charge in [0.1, 0.15) is 35.2 Å². The molecule has 5 bridgehead atoms. The number of ether oxygens (including phenoxy) is 4. The first-order valence-corrected chi connectivity index (χ1v) is 21.3. The SMILES string of the molecule is COc1cc2c3cc(c(OC)cc3n1)CCC[C@@H](C)COC(=O)N[C@H]1CCCCCCC[C@H]3C[C@@]3(C(=O)NS(=O)(=O)C3CC3)NC(=O)[C@@H]3C[C@H](CN3C1=O)O2. The van der Waals surface area contributed by atoms with E-state index in [0.29, 0.717) is 73.2 Å². The van der Waals surface area contributed by atoms with Crippen LogP contribution in [-0.2, 0) is 35.6 Å². The number of aryl methyl sites for hydroxylation is 1. The molecule has 3 aliphatic heterocycles. The summed E-state index contributed by atoms with van der Waals surface area (Å²) in [7, 11) is -0.755. The second kappa shape index (κ2) is 16.0. The highest BCUT2D eigenvalue weighted by Crippen LogP contribution is 2.48. The van der Waals surface area contributed by atoms with E-state index in [0.717, 1.165) is 44.1 Å². The minimum Gasteiger partial charge on any atom is -0.496 e. The summed E-state index contributed by atoms with van der Waals surface area (Å²) in [4.78, 5) is 62.1. The molecule has 7 rings (SSSR count). The van der Waals surface area contributed by atoms with Crippen LogP contribution in [0.25, 0.3) is 10.9 Å². The number of hydrogen-bond donors (Lipinski definition) is 3. The van der Waals surface area contributed by atoms with E-state index in [1.54, 1.807) is 13.2 Å². The third kappa shape index (κ3) is 8.58. The summed E-state index contributed by atoms with van der Waals surface area (Å²) >= 11 is 0. The monoisotopic (exact) mass is 783 g/mol. The number of carbonyl (C=O) groups is 4. The Labute approximate surface area is 322 Å². The maximum Gasteiger partial charge on any atom is 0.407 e. The van der Waals surface area contributed by atoms with E-state index in [4.69, 9.17) is 18.9 Å². The first-order chi connectivity index (χ1) is 26.4. The van der Waals surface area contributed by atoms with Crippen LogP contribution in [0.5, 0.6) is 17.4 Å². The topological polar surface area (TPSA) is 192 Å². The summed E-state index contributed by atoms with van der Waals surface area (Å²) < 4.78 is 51.6. The van der Waals surface area contributed by atoms with Crippen LogP contribution in [0.4, 0.5) is 4.79 Å². The van der Waals surface area contributed by atoms with Gasteiger partial charge in [-0.2, -0.15) is 0 Å². The van der Waals surface area contributed by atoms with Crippen LogP contribution < -0.4 is 29.6 Å². The smallest absolute Gasteiger partial charge is 0.407 e. The Kier molecular flexibility index (Phi) is 11.3.